The van der Waals surface area contributed by atoms with Crippen molar-refractivity contribution in [3.8, 4) is 28.9 Å². The van der Waals surface area contributed by atoms with Crippen LogP contribution in [0.5, 0.6) is 0 Å². The van der Waals surface area contributed by atoms with Crippen LogP contribution < -0.4 is 11.2 Å². The number of benzene rings is 2. The van der Waals surface area contributed by atoms with Crippen molar-refractivity contribution in [1.82, 2.24) is 10.1 Å². The molecule has 26 heavy (non-hydrogen) atoms. The summed E-state index contributed by atoms with van der Waals surface area (Å²) in [7, 11) is 0. The number of nitriles is 1. The molecule has 0 aliphatic heterocycles. The average Bonchev–Trinajstić information content (AvgIpc) is 3.13. The van der Waals surface area contributed by atoms with Crippen molar-refractivity contribution in [2.45, 2.75) is 6.92 Å². The highest BCUT2D eigenvalue weighted by Crippen LogP contribution is 2.28. The lowest BCUT2D eigenvalue weighted by molar-refractivity contribution is 0.432. The molecule has 0 atom stereocenters. The third kappa shape index (κ3) is 3.57. The minimum Gasteiger partial charge on any atom is -0.382 e. The number of aromatic nitrogens is 2. The highest BCUT2D eigenvalue weighted by molar-refractivity contribution is 6.45. The molecule has 0 unspecified atom stereocenters. The first-order valence-electron chi connectivity index (χ1n) is 7.67. The van der Waals surface area contributed by atoms with E-state index in [9.17, 15) is 0 Å². The van der Waals surface area contributed by atoms with E-state index in [1.807, 2.05) is 37.3 Å². The van der Waals surface area contributed by atoms with Crippen molar-refractivity contribution >= 4 is 17.2 Å². The Labute approximate surface area is 149 Å². The van der Waals surface area contributed by atoms with Crippen LogP contribution in [-0.4, -0.2) is 21.7 Å². The van der Waals surface area contributed by atoms with E-state index in [0.717, 1.165) is 11.1 Å². The number of nitrogens with zero attached hydrogens (tertiary/aromatic N) is 4. The summed E-state index contributed by atoms with van der Waals surface area (Å²) in [5, 5.41) is 24.1. The second-order valence-electron chi connectivity index (χ2n) is 5.43. The Morgan fingerprint density at radius 3 is 2.65 bits per heavy atom. The number of rotatable bonds is 5. The summed E-state index contributed by atoms with van der Waals surface area (Å²) >= 11 is 0. The lowest BCUT2D eigenvalue weighted by Crippen LogP contribution is -2.21. The minimum atomic E-state index is -0.420. The van der Waals surface area contributed by atoms with E-state index < -0.39 is 5.84 Å². The molecule has 8 heteroatoms. The van der Waals surface area contributed by atoms with Crippen molar-refractivity contribution in [3.63, 3.8) is 0 Å². The largest absolute Gasteiger partial charge is 0.382 e. The van der Waals surface area contributed by atoms with Gasteiger partial charge in [-0.2, -0.15) is 15.3 Å². The number of aryl methyl sites for hydroxylation is 1. The number of anilines is 1. The van der Waals surface area contributed by atoms with Crippen molar-refractivity contribution in [3.05, 3.63) is 54.1 Å². The first kappa shape index (κ1) is 16.9. The zero-order chi connectivity index (χ0) is 18.5. The molecule has 0 amide bonds. The van der Waals surface area contributed by atoms with E-state index in [2.05, 4.69) is 20.7 Å². The van der Waals surface area contributed by atoms with Crippen LogP contribution in [0.2, 0.25) is 0 Å². The van der Waals surface area contributed by atoms with Gasteiger partial charge in [0.15, 0.2) is 5.84 Å². The fraction of sp³-hybridized carbons (Fsp3) is 0.0556. The number of para-hydroxylation sites is 1. The second kappa shape index (κ2) is 7.27. The number of hydrogen-bond acceptors (Lipinski definition) is 7. The van der Waals surface area contributed by atoms with Crippen LogP contribution in [0.1, 0.15) is 5.56 Å². The lowest BCUT2D eigenvalue weighted by atomic mass is 10.1. The molecular formula is C18H15N7O. The van der Waals surface area contributed by atoms with Gasteiger partial charge in [-0.05, 0) is 19.1 Å². The number of hydrogen-bond donors (Lipinski definition) is 3. The van der Waals surface area contributed by atoms with Gasteiger partial charge in [-0.1, -0.05) is 47.1 Å². The monoisotopic (exact) mass is 345 g/mol. The van der Waals surface area contributed by atoms with Gasteiger partial charge in [0, 0.05) is 5.56 Å². The quantitative estimate of drug-likeness (QED) is 0.369. The standard InChI is InChI=1S/C18H15N7O/c1-11-6-8-12(9-7-11)17-22-18(26-25-17)13-4-2-3-5-14(13)23-24-15(10-19)16(20)21/h2-9,23H,1H3,(H3,20,21)/b24-15+. The van der Waals surface area contributed by atoms with Gasteiger partial charge in [0.2, 0.25) is 11.5 Å². The Balaban J connectivity index is 1.92. The Morgan fingerprint density at radius 1 is 1.23 bits per heavy atom. The maximum atomic E-state index is 8.93. The van der Waals surface area contributed by atoms with Crippen LogP contribution in [0, 0.1) is 23.7 Å². The average molecular weight is 345 g/mol. The highest BCUT2D eigenvalue weighted by Gasteiger charge is 2.14. The van der Waals surface area contributed by atoms with Crippen LogP contribution in [0.25, 0.3) is 22.8 Å². The Kier molecular flexibility index (Phi) is 4.71. The summed E-state index contributed by atoms with van der Waals surface area (Å²) < 4.78 is 5.38. The summed E-state index contributed by atoms with van der Waals surface area (Å²) in [5.74, 6) is 0.358. The van der Waals surface area contributed by atoms with Crippen LogP contribution in [0.15, 0.2) is 58.2 Å². The van der Waals surface area contributed by atoms with Gasteiger partial charge in [-0.3, -0.25) is 10.8 Å². The molecule has 0 aliphatic carbocycles. The van der Waals surface area contributed by atoms with Crippen molar-refractivity contribution in [1.29, 1.82) is 10.7 Å². The van der Waals surface area contributed by atoms with Crippen molar-refractivity contribution < 1.29 is 4.52 Å². The minimum absolute atomic E-state index is 0.217. The van der Waals surface area contributed by atoms with E-state index in [0.29, 0.717) is 23.0 Å². The third-order valence-electron chi connectivity index (χ3n) is 3.54. The summed E-state index contributed by atoms with van der Waals surface area (Å²) in [6, 6.07) is 16.7. The first-order valence-corrected chi connectivity index (χ1v) is 7.67. The van der Waals surface area contributed by atoms with Crippen LogP contribution in [0.4, 0.5) is 5.69 Å². The molecule has 0 saturated heterocycles. The molecule has 0 aliphatic rings. The van der Waals surface area contributed by atoms with E-state index >= 15 is 0 Å². The number of amidine groups is 1. The SMILES string of the molecule is Cc1ccc(-c2noc(-c3ccccc3N/N=C(\C#N)C(=N)N)n2)cc1. The van der Waals surface area contributed by atoms with E-state index in [1.54, 1.807) is 24.3 Å². The van der Waals surface area contributed by atoms with E-state index in [1.165, 1.54) is 0 Å². The molecule has 0 bridgehead atoms. The summed E-state index contributed by atoms with van der Waals surface area (Å²) in [6.45, 7) is 2.00. The van der Waals surface area contributed by atoms with E-state index in [-0.39, 0.29) is 5.71 Å². The van der Waals surface area contributed by atoms with Crippen LogP contribution >= 0.6 is 0 Å². The van der Waals surface area contributed by atoms with Gasteiger partial charge < -0.3 is 10.3 Å². The second-order valence-corrected chi connectivity index (χ2v) is 5.43. The predicted molar refractivity (Wildman–Crippen MR) is 98.5 cm³/mol. The molecule has 2 aromatic carbocycles. The molecule has 1 heterocycles. The van der Waals surface area contributed by atoms with Gasteiger partial charge in [0.1, 0.15) is 6.07 Å². The molecule has 3 aromatic rings. The highest BCUT2D eigenvalue weighted by atomic mass is 16.5. The van der Waals surface area contributed by atoms with Gasteiger partial charge in [0.05, 0.1) is 11.3 Å². The van der Waals surface area contributed by atoms with E-state index in [4.69, 9.17) is 20.9 Å². The molecule has 8 nitrogen and oxygen atoms in total. The predicted octanol–water partition coefficient (Wildman–Crippen LogP) is 2.94. The fourth-order valence-corrected chi connectivity index (χ4v) is 2.18. The summed E-state index contributed by atoms with van der Waals surface area (Å²) in [4.78, 5) is 4.43. The van der Waals surface area contributed by atoms with Crippen LogP contribution in [-0.2, 0) is 0 Å². The molecular weight excluding hydrogens is 330 g/mol. The maximum Gasteiger partial charge on any atom is 0.260 e. The molecule has 0 radical (unpaired) electrons. The van der Waals surface area contributed by atoms with Gasteiger partial charge in [0.25, 0.3) is 5.89 Å². The first-order chi connectivity index (χ1) is 12.6. The molecule has 0 fully saturated rings. The number of hydrazone groups is 1. The number of nitrogens with two attached hydrogens (primary N) is 1. The Morgan fingerprint density at radius 2 is 1.96 bits per heavy atom. The zero-order valence-corrected chi connectivity index (χ0v) is 13.9. The van der Waals surface area contributed by atoms with Gasteiger partial charge in [-0.25, -0.2) is 0 Å². The van der Waals surface area contributed by atoms with Gasteiger partial charge >= 0.3 is 0 Å². The zero-order valence-electron chi connectivity index (χ0n) is 13.9. The smallest absolute Gasteiger partial charge is 0.260 e. The molecule has 1 aromatic heterocycles. The molecule has 128 valence electrons. The molecule has 0 saturated carbocycles. The lowest BCUT2D eigenvalue weighted by Gasteiger charge is -2.05. The molecule has 4 N–H and O–H groups in total. The normalized spacial score (nSPS) is 11.0. The van der Waals surface area contributed by atoms with Crippen LogP contribution in [0.3, 0.4) is 0 Å². The summed E-state index contributed by atoms with van der Waals surface area (Å²) in [6.07, 6.45) is 0. The van der Waals surface area contributed by atoms with Gasteiger partial charge in [-0.15, -0.1) is 0 Å². The molecule has 3 rings (SSSR count). The maximum absolute atomic E-state index is 8.93. The third-order valence-corrected chi connectivity index (χ3v) is 3.54. The molecule has 0 spiro atoms. The Bertz CT molecular complexity index is 1010. The fourth-order valence-electron chi connectivity index (χ4n) is 2.18. The topological polar surface area (TPSA) is 137 Å². The van der Waals surface area contributed by atoms with Crippen molar-refractivity contribution in [2.75, 3.05) is 5.43 Å². The van der Waals surface area contributed by atoms with Crippen molar-refractivity contribution in [2.24, 2.45) is 10.8 Å². The number of nitrogens with one attached hydrogen (secondary N) is 2. The Hall–Kier alpha value is -3.99. The summed E-state index contributed by atoms with van der Waals surface area (Å²) in [5.41, 5.74) is 10.9.